The van der Waals surface area contributed by atoms with E-state index in [2.05, 4.69) is 22.0 Å². The lowest BCUT2D eigenvalue weighted by molar-refractivity contribution is -0.192. The average molecular weight is 433 g/mol. The van der Waals surface area contributed by atoms with Crippen molar-refractivity contribution >= 4 is 11.9 Å². The molecule has 1 amide bonds. The van der Waals surface area contributed by atoms with E-state index < -0.39 is 12.1 Å². The van der Waals surface area contributed by atoms with Crippen LogP contribution < -0.4 is 0 Å². The van der Waals surface area contributed by atoms with Crippen LogP contribution in [0.4, 0.5) is 13.2 Å². The number of carboxylic acids is 1. The molecule has 1 aromatic heterocycles. The van der Waals surface area contributed by atoms with Crippen molar-refractivity contribution in [3.8, 4) is 0 Å². The summed E-state index contributed by atoms with van der Waals surface area (Å²) in [6.07, 6.45) is 2.19. The van der Waals surface area contributed by atoms with Gasteiger partial charge in [-0.25, -0.2) is 9.78 Å². The van der Waals surface area contributed by atoms with Crippen molar-refractivity contribution in [3.05, 3.63) is 12.7 Å². The van der Waals surface area contributed by atoms with Crippen molar-refractivity contribution in [2.75, 3.05) is 26.7 Å². The Morgan fingerprint density at radius 1 is 1.30 bits per heavy atom. The topological polar surface area (TPSA) is 101 Å². The van der Waals surface area contributed by atoms with Gasteiger partial charge in [-0.05, 0) is 38.6 Å². The summed E-state index contributed by atoms with van der Waals surface area (Å²) in [6, 6.07) is 1.06. The van der Waals surface area contributed by atoms with Gasteiger partial charge in [-0.3, -0.25) is 14.4 Å². The van der Waals surface area contributed by atoms with E-state index >= 15 is 0 Å². The molecule has 1 unspecified atom stereocenters. The SMILES string of the molecule is CN1[C@H](Cn2cncn2)C[C@@H]2CN(C(=O)C3CCCO3)CC[C@@H]21.O=C(O)C(F)(F)F. The van der Waals surface area contributed by atoms with E-state index in [1.165, 1.54) is 0 Å². The number of carbonyl (C=O) groups excluding carboxylic acids is 1. The van der Waals surface area contributed by atoms with E-state index in [1.807, 2.05) is 9.58 Å². The van der Waals surface area contributed by atoms with Crippen LogP contribution in [-0.2, 0) is 20.9 Å². The minimum atomic E-state index is -5.08. The third kappa shape index (κ3) is 5.28. The van der Waals surface area contributed by atoms with Gasteiger partial charge >= 0.3 is 12.1 Å². The standard InChI is InChI=1S/C16H25N5O2.C2HF3O2/c1-19-13(9-21-11-17-10-18-21)7-12-8-20(5-4-14(12)19)16(22)15-3-2-6-23-15;3-2(4,5)1(6)7/h10-15H,2-9H2,1H3;(H,6,7)/t12-,13+,14+,15?;/m1./s1. The summed E-state index contributed by atoms with van der Waals surface area (Å²) in [5.74, 6) is -1.98. The van der Waals surface area contributed by atoms with Gasteiger partial charge in [-0.1, -0.05) is 0 Å². The minimum Gasteiger partial charge on any atom is -0.475 e. The fraction of sp³-hybridized carbons (Fsp3) is 0.778. The first-order chi connectivity index (χ1) is 14.2. The molecule has 4 atom stereocenters. The molecule has 4 heterocycles. The van der Waals surface area contributed by atoms with E-state index in [1.54, 1.807) is 12.7 Å². The second-order valence-electron chi connectivity index (χ2n) is 7.88. The average Bonchev–Trinajstić information content (AvgIpc) is 3.44. The Balaban J connectivity index is 0.000000318. The fourth-order valence-electron chi connectivity index (χ4n) is 4.50. The van der Waals surface area contributed by atoms with Crippen molar-refractivity contribution in [2.24, 2.45) is 5.92 Å². The zero-order valence-electron chi connectivity index (χ0n) is 16.7. The number of carboxylic acid groups (broad SMARTS) is 1. The number of likely N-dealkylation sites (N-methyl/N-ethyl adjacent to an activating group) is 1. The number of alkyl halides is 3. The molecule has 3 aliphatic rings. The number of hydrogen-bond acceptors (Lipinski definition) is 6. The summed E-state index contributed by atoms with van der Waals surface area (Å²) in [5, 5.41) is 11.3. The zero-order valence-corrected chi connectivity index (χ0v) is 16.7. The number of rotatable bonds is 3. The van der Waals surface area contributed by atoms with E-state index in [4.69, 9.17) is 14.6 Å². The van der Waals surface area contributed by atoms with Crippen LogP contribution in [0.3, 0.4) is 0 Å². The maximum absolute atomic E-state index is 12.6. The van der Waals surface area contributed by atoms with Crippen LogP contribution in [0.25, 0.3) is 0 Å². The highest BCUT2D eigenvalue weighted by atomic mass is 19.4. The van der Waals surface area contributed by atoms with E-state index in [-0.39, 0.29) is 12.0 Å². The Morgan fingerprint density at radius 2 is 2.03 bits per heavy atom. The first-order valence-corrected chi connectivity index (χ1v) is 9.91. The van der Waals surface area contributed by atoms with E-state index in [9.17, 15) is 18.0 Å². The summed E-state index contributed by atoms with van der Waals surface area (Å²) in [5.41, 5.74) is 0. The maximum Gasteiger partial charge on any atom is 0.490 e. The molecule has 3 aliphatic heterocycles. The van der Waals surface area contributed by atoms with Gasteiger partial charge in [-0.2, -0.15) is 18.3 Å². The van der Waals surface area contributed by atoms with Crippen molar-refractivity contribution in [1.29, 1.82) is 0 Å². The van der Waals surface area contributed by atoms with Crippen LogP contribution in [0.1, 0.15) is 25.7 Å². The number of ether oxygens (including phenoxy) is 1. The quantitative estimate of drug-likeness (QED) is 0.759. The Labute approximate surface area is 171 Å². The Hall–Kier alpha value is -2.21. The molecule has 0 aromatic carbocycles. The largest absolute Gasteiger partial charge is 0.490 e. The van der Waals surface area contributed by atoms with E-state index in [0.717, 1.165) is 51.9 Å². The van der Waals surface area contributed by atoms with Crippen molar-refractivity contribution in [1.82, 2.24) is 24.6 Å². The van der Waals surface area contributed by atoms with Crippen LogP contribution in [0, 0.1) is 5.92 Å². The molecule has 3 saturated heterocycles. The molecule has 4 rings (SSSR count). The lowest BCUT2D eigenvalue weighted by atomic mass is 9.91. The van der Waals surface area contributed by atoms with E-state index in [0.29, 0.717) is 18.0 Å². The number of hydrogen-bond donors (Lipinski definition) is 1. The van der Waals surface area contributed by atoms with Crippen LogP contribution in [0.2, 0.25) is 0 Å². The third-order valence-electron chi connectivity index (χ3n) is 5.99. The Bertz CT molecular complexity index is 724. The molecule has 1 aromatic rings. The second-order valence-corrected chi connectivity index (χ2v) is 7.88. The third-order valence-corrected chi connectivity index (χ3v) is 5.99. The van der Waals surface area contributed by atoms with Gasteiger partial charge in [-0.15, -0.1) is 0 Å². The molecule has 12 heteroatoms. The highest BCUT2D eigenvalue weighted by molar-refractivity contribution is 5.81. The summed E-state index contributed by atoms with van der Waals surface area (Å²) >= 11 is 0. The summed E-state index contributed by atoms with van der Waals surface area (Å²) in [7, 11) is 2.21. The van der Waals surface area contributed by atoms with Gasteiger partial charge in [0.2, 0.25) is 0 Å². The van der Waals surface area contributed by atoms with Gasteiger partial charge < -0.3 is 14.7 Å². The zero-order chi connectivity index (χ0) is 21.9. The van der Waals surface area contributed by atoms with Gasteiger partial charge in [0, 0.05) is 31.8 Å². The maximum atomic E-state index is 12.6. The Morgan fingerprint density at radius 3 is 2.60 bits per heavy atom. The molecule has 0 spiro atoms. The molecule has 168 valence electrons. The molecule has 0 saturated carbocycles. The van der Waals surface area contributed by atoms with Gasteiger partial charge in [0.25, 0.3) is 5.91 Å². The highest BCUT2D eigenvalue weighted by Crippen LogP contribution is 2.35. The highest BCUT2D eigenvalue weighted by Gasteiger charge is 2.44. The predicted octanol–water partition coefficient (Wildman–Crippen LogP) is 1.01. The monoisotopic (exact) mass is 433 g/mol. The predicted molar refractivity (Wildman–Crippen MR) is 97.3 cm³/mol. The van der Waals surface area contributed by atoms with Crippen molar-refractivity contribution < 1.29 is 32.6 Å². The number of aromatic nitrogens is 3. The van der Waals surface area contributed by atoms with Gasteiger partial charge in [0.15, 0.2) is 0 Å². The summed E-state index contributed by atoms with van der Waals surface area (Å²) in [6.45, 7) is 3.35. The van der Waals surface area contributed by atoms with Gasteiger partial charge in [0.1, 0.15) is 18.8 Å². The van der Waals surface area contributed by atoms with Crippen LogP contribution >= 0.6 is 0 Å². The van der Waals surface area contributed by atoms with Crippen molar-refractivity contribution in [2.45, 2.75) is 56.6 Å². The normalized spacial score (nSPS) is 29.3. The van der Waals surface area contributed by atoms with Crippen molar-refractivity contribution in [3.63, 3.8) is 0 Å². The number of likely N-dealkylation sites (tertiary alicyclic amines) is 2. The molecule has 1 N–H and O–H groups in total. The molecule has 30 heavy (non-hydrogen) atoms. The van der Waals surface area contributed by atoms with Crippen LogP contribution in [-0.4, -0.2) is 92.7 Å². The summed E-state index contributed by atoms with van der Waals surface area (Å²) < 4.78 is 39.2. The first-order valence-electron chi connectivity index (χ1n) is 9.91. The molecule has 0 aliphatic carbocycles. The number of halogens is 3. The number of fused-ring (bicyclic) bond motifs is 1. The molecule has 3 fully saturated rings. The number of aliphatic carboxylic acids is 1. The molecular formula is C18H26F3N5O4. The van der Waals surface area contributed by atoms with Gasteiger partial charge in [0.05, 0.1) is 6.54 Å². The molecule has 0 radical (unpaired) electrons. The fourth-order valence-corrected chi connectivity index (χ4v) is 4.50. The number of nitrogens with zero attached hydrogens (tertiary/aromatic N) is 5. The second kappa shape index (κ2) is 9.29. The minimum absolute atomic E-state index is 0.184. The molecular weight excluding hydrogens is 407 g/mol. The molecule has 0 bridgehead atoms. The lowest BCUT2D eigenvalue weighted by Gasteiger charge is -2.38. The smallest absolute Gasteiger partial charge is 0.475 e. The number of amides is 1. The number of piperidine rings is 1. The Kier molecular flexibility index (Phi) is 6.96. The first kappa shape index (κ1) is 22.5. The van der Waals surface area contributed by atoms with Crippen LogP contribution in [0.5, 0.6) is 0 Å². The number of carbonyl (C=O) groups is 2. The molecule has 9 nitrogen and oxygen atoms in total. The van der Waals surface area contributed by atoms with Crippen LogP contribution in [0.15, 0.2) is 12.7 Å². The summed E-state index contributed by atoms with van der Waals surface area (Å²) in [4.78, 5) is 30.0. The lowest BCUT2D eigenvalue weighted by Crippen LogP contribution is -2.50.